The fourth-order valence-electron chi connectivity index (χ4n) is 3.90. The first-order valence-electron chi connectivity index (χ1n) is 10.3. The number of hydrazone groups is 1. The fourth-order valence-corrected chi connectivity index (χ4v) is 4.19. The highest BCUT2D eigenvalue weighted by Gasteiger charge is 2.45. The molecule has 0 aromatic heterocycles. The monoisotopic (exact) mass is 512 g/mol. The van der Waals surface area contributed by atoms with E-state index in [1.807, 2.05) is 0 Å². The molecular weight excluding hydrogens is 495 g/mol. The maximum Gasteiger partial charge on any atom is 0.278 e. The number of amides is 2. The van der Waals surface area contributed by atoms with E-state index in [0.717, 1.165) is 5.01 Å². The van der Waals surface area contributed by atoms with Crippen molar-refractivity contribution in [2.24, 2.45) is 11.0 Å². The predicted octanol–water partition coefficient (Wildman–Crippen LogP) is 5.44. The van der Waals surface area contributed by atoms with Gasteiger partial charge in [0.2, 0.25) is 5.91 Å². The van der Waals surface area contributed by atoms with Crippen molar-refractivity contribution < 1.29 is 19.6 Å². The number of phenols is 1. The van der Waals surface area contributed by atoms with E-state index in [-0.39, 0.29) is 22.0 Å². The number of nitro groups is 1. The van der Waals surface area contributed by atoms with Crippen LogP contribution >= 0.6 is 23.2 Å². The Balaban J connectivity index is 1.76. The first-order chi connectivity index (χ1) is 16.7. The fraction of sp³-hybridized carbons (Fsp3) is 0.125. The summed E-state index contributed by atoms with van der Waals surface area (Å²) in [7, 11) is 0. The van der Waals surface area contributed by atoms with Crippen LogP contribution in [0.25, 0.3) is 0 Å². The summed E-state index contributed by atoms with van der Waals surface area (Å²) in [6, 6.07) is 15.2. The van der Waals surface area contributed by atoms with Crippen molar-refractivity contribution in [2.75, 3.05) is 5.32 Å². The van der Waals surface area contributed by atoms with Crippen molar-refractivity contribution >= 4 is 52.1 Å². The maximum absolute atomic E-state index is 13.4. The number of aromatic hydroxyl groups is 1. The second-order valence-corrected chi connectivity index (χ2v) is 8.62. The van der Waals surface area contributed by atoms with Crippen LogP contribution in [0, 0.1) is 16.0 Å². The molecule has 0 saturated carbocycles. The van der Waals surface area contributed by atoms with Gasteiger partial charge in [0.05, 0.1) is 32.3 Å². The van der Waals surface area contributed by atoms with Crippen molar-refractivity contribution in [1.82, 2.24) is 5.01 Å². The summed E-state index contributed by atoms with van der Waals surface area (Å²) in [5.74, 6) is -2.41. The zero-order chi connectivity index (χ0) is 25.3. The number of non-ortho nitro benzene ring substituents is 1. The smallest absolute Gasteiger partial charge is 0.278 e. The Hall–Kier alpha value is -3.95. The Morgan fingerprint density at radius 2 is 1.80 bits per heavy atom. The third-order valence-electron chi connectivity index (χ3n) is 5.53. The molecule has 0 fully saturated rings. The third-order valence-corrected chi connectivity index (χ3v) is 6.27. The Morgan fingerprint density at radius 3 is 2.49 bits per heavy atom. The largest absolute Gasteiger partial charge is 0.507 e. The number of hydrogen-bond acceptors (Lipinski definition) is 6. The quantitative estimate of drug-likeness (QED) is 0.348. The van der Waals surface area contributed by atoms with Gasteiger partial charge in [-0.2, -0.15) is 5.10 Å². The van der Waals surface area contributed by atoms with Crippen molar-refractivity contribution in [3.05, 3.63) is 98.0 Å². The molecule has 2 unspecified atom stereocenters. The van der Waals surface area contributed by atoms with E-state index >= 15 is 0 Å². The maximum atomic E-state index is 13.4. The minimum absolute atomic E-state index is 0.0231. The van der Waals surface area contributed by atoms with E-state index in [0.29, 0.717) is 22.0 Å². The van der Waals surface area contributed by atoms with Gasteiger partial charge >= 0.3 is 0 Å². The number of halogens is 2. The number of carbonyl (C=O) groups is 2. The SMILES string of the molecule is CC1=NN(C(=O)c2ccccc2O)C(c2cccc([N+](=O)[O-])c2)C1C(=O)Nc1ccc(Cl)c(Cl)c1. The van der Waals surface area contributed by atoms with Crippen molar-refractivity contribution in [2.45, 2.75) is 13.0 Å². The second-order valence-electron chi connectivity index (χ2n) is 7.80. The average molecular weight is 513 g/mol. The number of para-hydroxylation sites is 1. The number of nitrogens with zero attached hydrogens (tertiary/aromatic N) is 3. The lowest BCUT2D eigenvalue weighted by Gasteiger charge is -2.26. The topological polar surface area (TPSA) is 125 Å². The number of nitro benzene ring substituents is 1. The highest BCUT2D eigenvalue weighted by Crippen LogP contribution is 2.39. The van der Waals surface area contributed by atoms with Gasteiger partial charge in [0, 0.05) is 17.8 Å². The van der Waals surface area contributed by atoms with E-state index in [1.54, 1.807) is 31.2 Å². The van der Waals surface area contributed by atoms with Crippen molar-refractivity contribution in [3.8, 4) is 5.75 Å². The molecule has 1 aliphatic rings. The van der Waals surface area contributed by atoms with E-state index in [2.05, 4.69) is 10.4 Å². The lowest BCUT2D eigenvalue weighted by molar-refractivity contribution is -0.385. The van der Waals surface area contributed by atoms with Gasteiger partial charge in [-0.05, 0) is 42.8 Å². The summed E-state index contributed by atoms with van der Waals surface area (Å²) in [5.41, 5.74) is 0.789. The van der Waals surface area contributed by atoms with Crippen molar-refractivity contribution in [3.63, 3.8) is 0 Å². The van der Waals surface area contributed by atoms with E-state index < -0.39 is 28.7 Å². The molecule has 0 aliphatic carbocycles. The van der Waals surface area contributed by atoms with Crippen LogP contribution in [0.4, 0.5) is 11.4 Å². The Labute approximate surface area is 209 Å². The van der Waals surface area contributed by atoms with Gasteiger partial charge in [0.15, 0.2) is 0 Å². The lowest BCUT2D eigenvalue weighted by atomic mass is 9.89. The molecule has 3 aromatic carbocycles. The number of carbonyl (C=O) groups excluding carboxylic acids is 2. The van der Waals surface area contributed by atoms with E-state index in [1.165, 1.54) is 42.5 Å². The minimum Gasteiger partial charge on any atom is -0.507 e. The molecule has 178 valence electrons. The van der Waals surface area contributed by atoms with Crippen LogP contribution in [-0.2, 0) is 4.79 Å². The highest BCUT2D eigenvalue weighted by molar-refractivity contribution is 6.42. The molecule has 2 N–H and O–H groups in total. The van der Waals surface area contributed by atoms with Crippen LogP contribution in [0.5, 0.6) is 5.75 Å². The van der Waals surface area contributed by atoms with Crippen LogP contribution in [0.1, 0.15) is 28.9 Å². The molecule has 0 saturated heterocycles. The normalized spacial score (nSPS) is 17.1. The number of anilines is 1. The Morgan fingerprint density at radius 1 is 1.06 bits per heavy atom. The number of phenolic OH excluding ortho intramolecular Hbond substituents is 1. The van der Waals surface area contributed by atoms with Gasteiger partial charge in [-0.25, -0.2) is 5.01 Å². The molecule has 0 radical (unpaired) electrons. The lowest BCUT2D eigenvalue weighted by Crippen LogP contribution is -2.36. The summed E-state index contributed by atoms with van der Waals surface area (Å²) in [4.78, 5) is 37.6. The number of benzene rings is 3. The van der Waals surface area contributed by atoms with Gasteiger partial charge in [-0.1, -0.05) is 47.5 Å². The minimum atomic E-state index is -1.01. The summed E-state index contributed by atoms with van der Waals surface area (Å²) in [6.07, 6.45) is 0. The third kappa shape index (κ3) is 4.82. The molecule has 4 rings (SSSR count). The van der Waals surface area contributed by atoms with E-state index in [9.17, 15) is 24.8 Å². The molecule has 9 nitrogen and oxygen atoms in total. The Bertz CT molecular complexity index is 1380. The summed E-state index contributed by atoms with van der Waals surface area (Å²) in [5, 5.41) is 30.3. The zero-order valence-electron chi connectivity index (χ0n) is 18.2. The van der Waals surface area contributed by atoms with Gasteiger partial charge in [-0.15, -0.1) is 0 Å². The van der Waals surface area contributed by atoms with Gasteiger partial charge in [0.1, 0.15) is 11.7 Å². The predicted molar refractivity (Wildman–Crippen MR) is 132 cm³/mol. The zero-order valence-corrected chi connectivity index (χ0v) is 19.7. The van der Waals surface area contributed by atoms with Crippen LogP contribution in [0.2, 0.25) is 10.0 Å². The summed E-state index contributed by atoms with van der Waals surface area (Å²) >= 11 is 12.0. The first-order valence-corrected chi connectivity index (χ1v) is 11.1. The number of nitrogens with one attached hydrogen (secondary N) is 1. The van der Waals surface area contributed by atoms with Crippen LogP contribution in [0.15, 0.2) is 71.8 Å². The van der Waals surface area contributed by atoms with E-state index in [4.69, 9.17) is 23.2 Å². The average Bonchev–Trinajstić information content (AvgIpc) is 3.18. The summed E-state index contributed by atoms with van der Waals surface area (Å²) < 4.78 is 0. The highest BCUT2D eigenvalue weighted by atomic mass is 35.5. The van der Waals surface area contributed by atoms with Gasteiger partial charge in [-0.3, -0.25) is 19.7 Å². The standard InChI is InChI=1S/C24H18Cl2N4O5/c1-13-21(23(32)27-15-9-10-18(25)19(26)12-15)22(14-5-4-6-16(11-14)30(34)35)29(28-13)24(33)17-7-2-3-8-20(17)31/h2-12,21-22,31H,1H3,(H,27,32). The van der Waals surface area contributed by atoms with Crippen LogP contribution < -0.4 is 5.32 Å². The summed E-state index contributed by atoms with van der Waals surface area (Å²) in [6.45, 7) is 1.58. The van der Waals surface area contributed by atoms with Gasteiger partial charge in [0.25, 0.3) is 11.6 Å². The van der Waals surface area contributed by atoms with Crippen LogP contribution in [0.3, 0.4) is 0 Å². The van der Waals surface area contributed by atoms with Gasteiger partial charge < -0.3 is 10.4 Å². The molecule has 0 spiro atoms. The molecule has 2 atom stereocenters. The van der Waals surface area contributed by atoms with Crippen molar-refractivity contribution in [1.29, 1.82) is 0 Å². The number of hydrogen-bond donors (Lipinski definition) is 2. The molecule has 2 amide bonds. The molecule has 1 heterocycles. The Kier molecular flexibility index (Phi) is 6.72. The van der Waals surface area contributed by atoms with Crippen LogP contribution in [-0.4, -0.2) is 32.6 Å². The molecule has 3 aromatic rings. The number of rotatable bonds is 5. The molecule has 0 bridgehead atoms. The molecular formula is C24H18Cl2N4O5. The molecule has 11 heteroatoms. The first kappa shape index (κ1) is 24.2. The molecule has 1 aliphatic heterocycles. The molecule has 35 heavy (non-hydrogen) atoms. The second kappa shape index (κ2) is 9.73.